The monoisotopic (exact) mass is 429 g/mol. The van der Waals surface area contributed by atoms with Crippen molar-refractivity contribution in [3.8, 4) is 17.6 Å². The smallest absolute Gasteiger partial charge is 0.253 e. The number of carbonyl (C=O) groups is 1. The van der Waals surface area contributed by atoms with Gasteiger partial charge in [-0.1, -0.05) is 11.8 Å². The fourth-order valence-corrected chi connectivity index (χ4v) is 3.32. The Morgan fingerprint density at radius 1 is 1.00 bits per heavy atom. The van der Waals surface area contributed by atoms with Gasteiger partial charge in [-0.15, -0.1) is 0 Å². The summed E-state index contributed by atoms with van der Waals surface area (Å²) in [6.45, 7) is 3.30. The van der Waals surface area contributed by atoms with Crippen LogP contribution in [0.15, 0.2) is 70.1 Å². The summed E-state index contributed by atoms with van der Waals surface area (Å²) in [5.74, 6) is 6.07. The number of carbonyl (C=O) groups excluding carboxylic acids is 1. The fourth-order valence-electron chi connectivity index (χ4n) is 3.32. The molecule has 0 unspecified atom stereocenters. The first-order valence-electron chi connectivity index (χ1n) is 10.4. The SMILES string of the molecule is O=C(c1ccc(C#Cc2ccc(NCc3occc(=O)c3O)cc2)cc1)N1CCNCC1. The number of anilines is 1. The Balaban J connectivity index is 1.35. The molecule has 7 heteroatoms. The third-order valence-electron chi connectivity index (χ3n) is 5.15. The zero-order valence-electron chi connectivity index (χ0n) is 17.4. The van der Waals surface area contributed by atoms with Crippen molar-refractivity contribution in [1.82, 2.24) is 10.2 Å². The molecule has 1 aliphatic rings. The van der Waals surface area contributed by atoms with Crippen LogP contribution in [-0.2, 0) is 6.54 Å². The number of benzene rings is 2. The number of rotatable bonds is 4. The molecule has 3 aromatic rings. The molecular weight excluding hydrogens is 406 g/mol. The van der Waals surface area contributed by atoms with Crippen molar-refractivity contribution in [2.45, 2.75) is 6.54 Å². The highest BCUT2D eigenvalue weighted by molar-refractivity contribution is 5.94. The number of hydrogen-bond donors (Lipinski definition) is 3. The summed E-state index contributed by atoms with van der Waals surface area (Å²) in [4.78, 5) is 25.8. The second kappa shape index (κ2) is 9.86. The van der Waals surface area contributed by atoms with Crippen LogP contribution in [0.3, 0.4) is 0 Å². The lowest BCUT2D eigenvalue weighted by Gasteiger charge is -2.27. The van der Waals surface area contributed by atoms with E-state index in [0.717, 1.165) is 43.0 Å². The molecular formula is C25H23N3O4. The van der Waals surface area contributed by atoms with E-state index < -0.39 is 5.43 Å². The normalized spacial score (nSPS) is 13.2. The maximum Gasteiger partial charge on any atom is 0.253 e. The van der Waals surface area contributed by atoms with Crippen LogP contribution in [0.25, 0.3) is 0 Å². The number of amides is 1. The summed E-state index contributed by atoms with van der Waals surface area (Å²) in [6, 6.07) is 16.0. The Bertz CT molecular complexity index is 1200. The largest absolute Gasteiger partial charge is 0.502 e. The molecule has 1 saturated heterocycles. The Labute approximate surface area is 185 Å². The van der Waals surface area contributed by atoms with Crippen LogP contribution in [0.4, 0.5) is 5.69 Å². The molecule has 2 heterocycles. The van der Waals surface area contributed by atoms with Crippen LogP contribution in [-0.4, -0.2) is 42.1 Å². The third kappa shape index (κ3) is 5.17. The molecule has 0 atom stereocenters. The molecule has 0 spiro atoms. The van der Waals surface area contributed by atoms with Crippen LogP contribution in [0.5, 0.6) is 5.75 Å². The molecule has 0 aliphatic carbocycles. The predicted molar refractivity (Wildman–Crippen MR) is 122 cm³/mol. The van der Waals surface area contributed by atoms with E-state index >= 15 is 0 Å². The quantitative estimate of drug-likeness (QED) is 0.552. The summed E-state index contributed by atoms with van der Waals surface area (Å²) in [7, 11) is 0. The Morgan fingerprint density at radius 2 is 1.62 bits per heavy atom. The van der Waals surface area contributed by atoms with Crippen LogP contribution >= 0.6 is 0 Å². The van der Waals surface area contributed by atoms with Crippen molar-refractivity contribution in [3.05, 3.63) is 93.5 Å². The van der Waals surface area contributed by atoms with Gasteiger partial charge >= 0.3 is 0 Å². The van der Waals surface area contributed by atoms with Gasteiger partial charge in [-0.2, -0.15) is 0 Å². The molecule has 1 fully saturated rings. The van der Waals surface area contributed by atoms with E-state index in [0.29, 0.717) is 5.56 Å². The molecule has 0 saturated carbocycles. The van der Waals surface area contributed by atoms with Gasteiger partial charge in [-0.05, 0) is 48.5 Å². The van der Waals surface area contributed by atoms with Crippen molar-refractivity contribution >= 4 is 11.6 Å². The minimum absolute atomic E-state index is 0.0530. The standard InChI is InChI=1S/C25H23N3O4/c29-22-11-16-32-23(24(22)30)17-27-21-9-5-19(6-10-21)2-1-18-3-7-20(8-4-18)25(31)28-14-12-26-13-15-28/h3-11,16,26-27,30H,12-15,17H2. The summed E-state index contributed by atoms with van der Waals surface area (Å²) in [5.41, 5.74) is 2.68. The van der Waals surface area contributed by atoms with Crippen LogP contribution in [0.2, 0.25) is 0 Å². The minimum Gasteiger partial charge on any atom is -0.502 e. The number of hydrogen-bond acceptors (Lipinski definition) is 6. The Hall–Kier alpha value is -4.02. The van der Waals surface area contributed by atoms with E-state index in [-0.39, 0.29) is 24.0 Å². The Kier molecular flexibility index (Phi) is 6.54. The lowest BCUT2D eigenvalue weighted by Crippen LogP contribution is -2.46. The number of nitrogens with zero attached hydrogens (tertiary/aromatic N) is 1. The van der Waals surface area contributed by atoms with Gasteiger partial charge in [0.15, 0.2) is 5.76 Å². The van der Waals surface area contributed by atoms with E-state index in [2.05, 4.69) is 22.5 Å². The zero-order chi connectivity index (χ0) is 22.3. The van der Waals surface area contributed by atoms with E-state index in [4.69, 9.17) is 4.42 Å². The first-order valence-corrected chi connectivity index (χ1v) is 10.4. The minimum atomic E-state index is -0.472. The van der Waals surface area contributed by atoms with Gasteiger partial charge < -0.3 is 25.1 Å². The van der Waals surface area contributed by atoms with Gasteiger partial charge in [0.2, 0.25) is 11.2 Å². The van der Waals surface area contributed by atoms with Crippen molar-refractivity contribution < 1.29 is 14.3 Å². The molecule has 0 bridgehead atoms. The molecule has 0 radical (unpaired) electrons. The molecule has 1 aromatic heterocycles. The number of nitrogens with one attached hydrogen (secondary N) is 2. The lowest BCUT2D eigenvalue weighted by molar-refractivity contribution is 0.0736. The summed E-state index contributed by atoms with van der Waals surface area (Å²) in [6.07, 6.45) is 1.26. The molecule has 7 nitrogen and oxygen atoms in total. The van der Waals surface area contributed by atoms with Gasteiger partial charge in [0.25, 0.3) is 5.91 Å². The van der Waals surface area contributed by atoms with Gasteiger partial charge in [0.05, 0.1) is 12.8 Å². The average Bonchev–Trinajstić information content (AvgIpc) is 2.85. The van der Waals surface area contributed by atoms with E-state index in [1.54, 1.807) is 0 Å². The summed E-state index contributed by atoms with van der Waals surface area (Å²) >= 11 is 0. The Morgan fingerprint density at radius 3 is 2.28 bits per heavy atom. The van der Waals surface area contributed by atoms with Gasteiger partial charge in [-0.3, -0.25) is 9.59 Å². The molecule has 2 aromatic carbocycles. The third-order valence-corrected chi connectivity index (χ3v) is 5.15. The second-order valence-electron chi connectivity index (χ2n) is 7.36. The highest BCUT2D eigenvalue weighted by Crippen LogP contribution is 2.15. The van der Waals surface area contributed by atoms with Crippen molar-refractivity contribution in [2.75, 3.05) is 31.5 Å². The van der Waals surface area contributed by atoms with Gasteiger partial charge in [0.1, 0.15) is 0 Å². The second-order valence-corrected chi connectivity index (χ2v) is 7.36. The maximum absolute atomic E-state index is 12.5. The summed E-state index contributed by atoms with van der Waals surface area (Å²) in [5, 5.41) is 16.1. The van der Waals surface area contributed by atoms with Gasteiger partial charge in [-0.25, -0.2) is 0 Å². The van der Waals surface area contributed by atoms with Crippen molar-refractivity contribution in [2.24, 2.45) is 0 Å². The average molecular weight is 429 g/mol. The fraction of sp³-hybridized carbons (Fsp3) is 0.200. The van der Waals surface area contributed by atoms with Crippen LogP contribution in [0, 0.1) is 11.8 Å². The summed E-state index contributed by atoms with van der Waals surface area (Å²) < 4.78 is 5.17. The van der Waals surface area contributed by atoms with E-state index in [1.807, 2.05) is 53.4 Å². The highest BCUT2D eigenvalue weighted by Gasteiger charge is 2.17. The maximum atomic E-state index is 12.5. The van der Waals surface area contributed by atoms with Crippen LogP contribution in [0.1, 0.15) is 27.2 Å². The van der Waals surface area contributed by atoms with Crippen molar-refractivity contribution in [1.29, 1.82) is 0 Å². The lowest BCUT2D eigenvalue weighted by atomic mass is 10.1. The first kappa shape index (κ1) is 21.2. The first-order chi connectivity index (χ1) is 15.6. The molecule has 32 heavy (non-hydrogen) atoms. The predicted octanol–water partition coefficient (Wildman–Crippen LogP) is 2.40. The number of piperazine rings is 1. The molecule has 1 aliphatic heterocycles. The topological polar surface area (TPSA) is 94.8 Å². The molecule has 1 amide bonds. The molecule has 3 N–H and O–H groups in total. The van der Waals surface area contributed by atoms with Crippen LogP contribution < -0.4 is 16.1 Å². The highest BCUT2D eigenvalue weighted by atomic mass is 16.4. The van der Waals surface area contributed by atoms with E-state index in [1.165, 1.54) is 12.3 Å². The van der Waals surface area contributed by atoms with Crippen molar-refractivity contribution in [3.63, 3.8) is 0 Å². The molecule has 4 rings (SSSR count). The van der Waals surface area contributed by atoms with Gasteiger partial charge in [0, 0.05) is 54.6 Å². The number of aromatic hydroxyl groups is 1. The zero-order valence-corrected chi connectivity index (χ0v) is 17.4. The molecule has 162 valence electrons. The van der Waals surface area contributed by atoms with E-state index in [9.17, 15) is 14.7 Å².